The van der Waals surface area contributed by atoms with E-state index in [0.29, 0.717) is 12.0 Å². The first-order valence-corrected chi connectivity index (χ1v) is 5.97. The Labute approximate surface area is 93.8 Å². The summed E-state index contributed by atoms with van der Waals surface area (Å²) in [6.07, 6.45) is 9.04. The Bertz CT molecular complexity index is 191. The quantitative estimate of drug-likeness (QED) is 0.678. The van der Waals surface area contributed by atoms with E-state index in [2.05, 4.69) is 18.1 Å². The third kappa shape index (κ3) is 4.18. The molecule has 1 aliphatic carbocycles. The molecule has 0 heterocycles. The van der Waals surface area contributed by atoms with Gasteiger partial charge in [0, 0.05) is 25.7 Å². The minimum atomic E-state index is 0.399. The first-order chi connectivity index (χ1) is 7.27. The molecular formula is C13H24N2. The smallest absolute Gasteiger partial charge is 0.0164 e. The summed E-state index contributed by atoms with van der Waals surface area (Å²) in [4.78, 5) is 2.37. The summed E-state index contributed by atoms with van der Waals surface area (Å²) < 4.78 is 0. The normalized spacial score (nSPS) is 26.5. The molecule has 0 saturated heterocycles. The molecule has 86 valence electrons. The van der Waals surface area contributed by atoms with Gasteiger partial charge >= 0.3 is 0 Å². The molecule has 2 heteroatoms. The van der Waals surface area contributed by atoms with Crippen molar-refractivity contribution in [2.45, 2.75) is 31.7 Å². The van der Waals surface area contributed by atoms with Gasteiger partial charge in [0.05, 0.1) is 0 Å². The molecule has 0 aromatic rings. The van der Waals surface area contributed by atoms with Crippen molar-refractivity contribution in [3.05, 3.63) is 25.3 Å². The summed E-state index contributed by atoms with van der Waals surface area (Å²) >= 11 is 0. The van der Waals surface area contributed by atoms with Crippen LogP contribution in [0.4, 0.5) is 0 Å². The zero-order chi connectivity index (χ0) is 11.1. The first kappa shape index (κ1) is 12.5. The average Bonchev–Trinajstić information content (AvgIpc) is 2.22. The van der Waals surface area contributed by atoms with Gasteiger partial charge in [-0.2, -0.15) is 0 Å². The van der Waals surface area contributed by atoms with E-state index in [1.54, 1.807) is 0 Å². The summed E-state index contributed by atoms with van der Waals surface area (Å²) in [6.45, 7) is 10.6. The average molecular weight is 208 g/mol. The van der Waals surface area contributed by atoms with Crippen molar-refractivity contribution in [2.75, 3.05) is 19.6 Å². The van der Waals surface area contributed by atoms with E-state index < -0.39 is 0 Å². The molecule has 0 spiro atoms. The van der Waals surface area contributed by atoms with E-state index in [1.807, 2.05) is 12.2 Å². The van der Waals surface area contributed by atoms with E-state index in [9.17, 15) is 0 Å². The summed E-state index contributed by atoms with van der Waals surface area (Å²) in [5.41, 5.74) is 6.14. The molecule has 15 heavy (non-hydrogen) atoms. The monoisotopic (exact) mass is 208 g/mol. The minimum Gasteiger partial charge on any atom is -0.327 e. The van der Waals surface area contributed by atoms with Crippen molar-refractivity contribution in [1.82, 2.24) is 4.90 Å². The van der Waals surface area contributed by atoms with Gasteiger partial charge in [-0.25, -0.2) is 0 Å². The van der Waals surface area contributed by atoms with Crippen LogP contribution < -0.4 is 5.73 Å². The van der Waals surface area contributed by atoms with Gasteiger partial charge in [0.25, 0.3) is 0 Å². The van der Waals surface area contributed by atoms with Crippen molar-refractivity contribution in [1.29, 1.82) is 0 Å². The van der Waals surface area contributed by atoms with Gasteiger partial charge in [0.2, 0.25) is 0 Å². The predicted octanol–water partition coefficient (Wildman–Crippen LogP) is 2.18. The fraction of sp³-hybridized carbons (Fsp3) is 0.692. The largest absolute Gasteiger partial charge is 0.327 e. The van der Waals surface area contributed by atoms with Crippen molar-refractivity contribution >= 4 is 0 Å². The Morgan fingerprint density at radius 2 is 1.73 bits per heavy atom. The number of hydrogen-bond donors (Lipinski definition) is 1. The predicted molar refractivity (Wildman–Crippen MR) is 66.8 cm³/mol. The molecule has 0 aromatic carbocycles. The van der Waals surface area contributed by atoms with Crippen molar-refractivity contribution in [3.8, 4) is 0 Å². The molecule has 1 rings (SSSR count). The summed E-state index contributed by atoms with van der Waals surface area (Å²) in [6, 6.07) is 0.399. The standard InChI is InChI=1S/C13H24N2/c1-3-9-15(10-4-2)11-12-7-5-6-8-13(12)14/h3-4,12-13H,1-2,5-11,14H2. The fourth-order valence-electron chi connectivity index (χ4n) is 2.38. The van der Waals surface area contributed by atoms with Crippen LogP contribution in [0.2, 0.25) is 0 Å². The summed E-state index contributed by atoms with van der Waals surface area (Å²) in [5, 5.41) is 0. The van der Waals surface area contributed by atoms with Gasteiger partial charge in [-0.05, 0) is 18.8 Å². The van der Waals surface area contributed by atoms with Crippen LogP contribution in [-0.2, 0) is 0 Å². The number of nitrogens with zero attached hydrogens (tertiary/aromatic N) is 1. The maximum Gasteiger partial charge on any atom is 0.0164 e. The van der Waals surface area contributed by atoms with Crippen molar-refractivity contribution in [2.24, 2.45) is 11.7 Å². The van der Waals surface area contributed by atoms with E-state index >= 15 is 0 Å². The lowest BCUT2D eigenvalue weighted by Gasteiger charge is -2.32. The van der Waals surface area contributed by atoms with E-state index in [-0.39, 0.29) is 0 Å². The van der Waals surface area contributed by atoms with E-state index in [1.165, 1.54) is 25.7 Å². The Kier molecular flexibility index (Phi) is 5.66. The van der Waals surface area contributed by atoms with Crippen LogP contribution >= 0.6 is 0 Å². The molecule has 2 unspecified atom stereocenters. The Balaban J connectivity index is 2.40. The van der Waals surface area contributed by atoms with Crippen LogP contribution in [0.5, 0.6) is 0 Å². The van der Waals surface area contributed by atoms with Gasteiger partial charge in [0.15, 0.2) is 0 Å². The third-order valence-electron chi connectivity index (χ3n) is 3.24. The Morgan fingerprint density at radius 3 is 2.27 bits per heavy atom. The highest BCUT2D eigenvalue weighted by atomic mass is 15.1. The molecule has 2 atom stereocenters. The Hall–Kier alpha value is -0.600. The van der Waals surface area contributed by atoms with Gasteiger partial charge in [-0.1, -0.05) is 25.0 Å². The second-order valence-electron chi connectivity index (χ2n) is 4.50. The lowest BCUT2D eigenvalue weighted by molar-refractivity contribution is 0.210. The van der Waals surface area contributed by atoms with E-state index in [4.69, 9.17) is 5.73 Å². The third-order valence-corrected chi connectivity index (χ3v) is 3.24. The van der Waals surface area contributed by atoms with Gasteiger partial charge in [0.1, 0.15) is 0 Å². The maximum atomic E-state index is 6.14. The number of hydrogen-bond acceptors (Lipinski definition) is 2. The topological polar surface area (TPSA) is 29.3 Å². The summed E-state index contributed by atoms with van der Waals surface area (Å²) in [5.74, 6) is 0.665. The maximum absolute atomic E-state index is 6.14. The first-order valence-electron chi connectivity index (χ1n) is 5.97. The lowest BCUT2D eigenvalue weighted by atomic mass is 9.85. The fourth-order valence-corrected chi connectivity index (χ4v) is 2.38. The summed E-state index contributed by atoms with van der Waals surface area (Å²) in [7, 11) is 0. The molecule has 2 N–H and O–H groups in total. The molecular weight excluding hydrogens is 184 g/mol. The number of nitrogens with two attached hydrogens (primary N) is 1. The van der Waals surface area contributed by atoms with Gasteiger partial charge in [-0.15, -0.1) is 13.2 Å². The van der Waals surface area contributed by atoms with Crippen molar-refractivity contribution < 1.29 is 0 Å². The van der Waals surface area contributed by atoms with Crippen LogP contribution in [-0.4, -0.2) is 30.6 Å². The lowest BCUT2D eigenvalue weighted by Crippen LogP contribution is -2.41. The van der Waals surface area contributed by atoms with Crippen LogP contribution in [0.25, 0.3) is 0 Å². The molecule has 1 fully saturated rings. The molecule has 0 bridgehead atoms. The van der Waals surface area contributed by atoms with Crippen LogP contribution in [0, 0.1) is 5.92 Å². The van der Waals surface area contributed by atoms with Crippen LogP contribution in [0.15, 0.2) is 25.3 Å². The van der Waals surface area contributed by atoms with E-state index in [0.717, 1.165) is 19.6 Å². The molecule has 0 radical (unpaired) electrons. The zero-order valence-electron chi connectivity index (χ0n) is 9.70. The van der Waals surface area contributed by atoms with Gasteiger partial charge in [-0.3, -0.25) is 4.90 Å². The van der Waals surface area contributed by atoms with Crippen LogP contribution in [0.3, 0.4) is 0 Å². The SMILES string of the molecule is C=CCN(CC=C)CC1CCCCC1N. The highest BCUT2D eigenvalue weighted by Gasteiger charge is 2.23. The van der Waals surface area contributed by atoms with Gasteiger partial charge < -0.3 is 5.73 Å². The highest BCUT2D eigenvalue weighted by Crippen LogP contribution is 2.23. The second kappa shape index (κ2) is 6.81. The second-order valence-corrected chi connectivity index (χ2v) is 4.50. The zero-order valence-corrected chi connectivity index (χ0v) is 9.70. The van der Waals surface area contributed by atoms with Crippen molar-refractivity contribution in [3.63, 3.8) is 0 Å². The highest BCUT2D eigenvalue weighted by molar-refractivity contribution is 4.85. The number of rotatable bonds is 6. The molecule has 0 aromatic heterocycles. The molecule has 1 aliphatic rings. The molecule has 0 amide bonds. The molecule has 2 nitrogen and oxygen atoms in total. The van der Waals surface area contributed by atoms with Crippen LogP contribution in [0.1, 0.15) is 25.7 Å². The Morgan fingerprint density at radius 1 is 1.13 bits per heavy atom. The minimum absolute atomic E-state index is 0.399. The molecule has 1 saturated carbocycles. The molecule has 0 aliphatic heterocycles.